The summed E-state index contributed by atoms with van der Waals surface area (Å²) in [6.45, 7) is 17.5. The summed E-state index contributed by atoms with van der Waals surface area (Å²) in [6, 6.07) is 0. The monoisotopic (exact) mass is 455 g/mol. The summed E-state index contributed by atoms with van der Waals surface area (Å²) < 4.78 is 23.1. The van der Waals surface area contributed by atoms with E-state index in [4.69, 9.17) is 18.9 Å². The van der Waals surface area contributed by atoms with Crippen LogP contribution in [0, 0.1) is 16.2 Å². The molecule has 8 heteroatoms. The summed E-state index contributed by atoms with van der Waals surface area (Å²) in [6.07, 6.45) is -0.531. The van der Waals surface area contributed by atoms with Crippen molar-refractivity contribution in [2.45, 2.75) is 107 Å². The van der Waals surface area contributed by atoms with E-state index in [1.807, 2.05) is 6.92 Å². The van der Waals surface area contributed by atoms with E-state index in [9.17, 15) is 14.4 Å². The molecule has 1 saturated heterocycles. The quantitative estimate of drug-likeness (QED) is 0.338. The molecule has 0 aromatic heterocycles. The van der Waals surface area contributed by atoms with Crippen LogP contribution in [-0.2, 0) is 33.3 Å². The molecule has 184 valence electrons. The molecule has 1 rings (SSSR count). The van der Waals surface area contributed by atoms with E-state index in [1.165, 1.54) is 0 Å². The summed E-state index contributed by atoms with van der Waals surface area (Å²) in [5.74, 6) is -1.31. The SMILES string of the molecule is CCC=NC1C[C@H](OC(=O)C(C)(C)C)[C@H](OC(=O)C(C)(C)C)C(COC(=O)C(C)(C)C)O1. The van der Waals surface area contributed by atoms with Gasteiger partial charge in [0.2, 0.25) is 0 Å². The Hall–Kier alpha value is -1.96. The van der Waals surface area contributed by atoms with E-state index < -0.39 is 58.7 Å². The van der Waals surface area contributed by atoms with Crippen LogP contribution in [0.2, 0.25) is 0 Å². The van der Waals surface area contributed by atoms with Crippen LogP contribution in [0.1, 0.15) is 82.1 Å². The summed E-state index contributed by atoms with van der Waals surface area (Å²) in [5.41, 5.74) is -2.22. The minimum atomic E-state index is -0.936. The van der Waals surface area contributed by atoms with Gasteiger partial charge in [-0.3, -0.25) is 19.4 Å². The zero-order chi connectivity index (χ0) is 24.9. The van der Waals surface area contributed by atoms with Gasteiger partial charge in [0, 0.05) is 12.6 Å². The van der Waals surface area contributed by atoms with Crippen LogP contribution in [0.3, 0.4) is 0 Å². The Balaban J connectivity index is 3.25. The second-order valence-electron chi connectivity index (χ2n) is 11.3. The van der Waals surface area contributed by atoms with Crippen molar-refractivity contribution in [3.8, 4) is 0 Å². The van der Waals surface area contributed by atoms with Crippen LogP contribution in [0.25, 0.3) is 0 Å². The molecule has 0 N–H and O–H groups in total. The highest BCUT2D eigenvalue weighted by Crippen LogP contribution is 2.31. The van der Waals surface area contributed by atoms with Gasteiger partial charge in [0.1, 0.15) is 18.8 Å². The van der Waals surface area contributed by atoms with Gasteiger partial charge in [0.25, 0.3) is 0 Å². The van der Waals surface area contributed by atoms with Gasteiger partial charge in [0.05, 0.1) is 16.2 Å². The highest BCUT2D eigenvalue weighted by Gasteiger charge is 2.46. The van der Waals surface area contributed by atoms with Gasteiger partial charge in [-0.25, -0.2) is 0 Å². The van der Waals surface area contributed by atoms with Crippen LogP contribution >= 0.6 is 0 Å². The largest absolute Gasteiger partial charge is 0.462 e. The van der Waals surface area contributed by atoms with Crippen molar-refractivity contribution in [3.63, 3.8) is 0 Å². The van der Waals surface area contributed by atoms with Crippen LogP contribution in [-0.4, -0.2) is 55.3 Å². The Bertz CT molecular complexity index is 695. The van der Waals surface area contributed by atoms with E-state index in [-0.39, 0.29) is 13.0 Å². The summed E-state index contributed by atoms with van der Waals surface area (Å²) in [5, 5.41) is 0. The number of hydrogen-bond donors (Lipinski definition) is 0. The molecular weight excluding hydrogens is 414 g/mol. The van der Waals surface area contributed by atoms with Crippen molar-refractivity contribution >= 4 is 24.1 Å². The van der Waals surface area contributed by atoms with Crippen molar-refractivity contribution in [1.82, 2.24) is 0 Å². The number of hydrogen-bond acceptors (Lipinski definition) is 8. The van der Waals surface area contributed by atoms with Crippen LogP contribution in [0.4, 0.5) is 0 Å². The number of aliphatic imine (C=N–C) groups is 1. The first kappa shape index (κ1) is 28.1. The van der Waals surface area contributed by atoms with Crippen molar-refractivity contribution in [2.24, 2.45) is 21.2 Å². The fourth-order valence-corrected chi connectivity index (χ4v) is 2.62. The van der Waals surface area contributed by atoms with Gasteiger partial charge < -0.3 is 18.9 Å². The second kappa shape index (κ2) is 10.8. The molecule has 2 unspecified atom stereocenters. The molecular formula is C24H41NO7. The van der Waals surface area contributed by atoms with Gasteiger partial charge in [0.15, 0.2) is 12.3 Å². The number of rotatable bonds is 6. The topological polar surface area (TPSA) is 100 Å². The van der Waals surface area contributed by atoms with E-state index in [0.29, 0.717) is 6.42 Å². The predicted octanol–water partition coefficient (Wildman–Crippen LogP) is 4.09. The van der Waals surface area contributed by atoms with E-state index in [1.54, 1.807) is 68.5 Å². The van der Waals surface area contributed by atoms with Gasteiger partial charge in [-0.05, 0) is 68.7 Å². The fourth-order valence-electron chi connectivity index (χ4n) is 2.62. The summed E-state index contributed by atoms with van der Waals surface area (Å²) in [7, 11) is 0. The molecule has 0 spiro atoms. The van der Waals surface area contributed by atoms with Crippen molar-refractivity contribution in [3.05, 3.63) is 0 Å². The minimum absolute atomic E-state index is 0.153. The fraction of sp³-hybridized carbons (Fsp3) is 0.833. The number of carbonyl (C=O) groups is 3. The molecule has 0 radical (unpaired) electrons. The molecule has 1 fully saturated rings. The Labute approximate surface area is 192 Å². The Morgan fingerprint density at radius 3 is 1.84 bits per heavy atom. The van der Waals surface area contributed by atoms with E-state index >= 15 is 0 Å². The zero-order valence-corrected chi connectivity index (χ0v) is 21.3. The molecule has 0 aromatic carbocycles. The van der Waals surface area contributed by atoms with Gasteiger partial charge in [-0.15, -0.1) is 0 Å². The lowest BCUT2D eigenvalue weighted by atomic mass is 9.94. The van der Waals surface area contributed by atoms with Crippen LogP contribution in [0.15, 0.2) is 4.99 Å². The number of carbonyl (C=O) groups excluding carboxylic acids is 3. The standard InChI is InChI=1S/C24H41NO7/c1-11-12-25-17-13-15(31-20(27)23(5,6)7)18(32-21(28)24(8,9)10)16(30-17)14-29-19(26)22(2,3)4/h12,15-18H,11,13-14H2,1-10H3/t15-,16?,17?,18-/m0/s1. The minimum Gasteiger partial charge on any atom is -0.462 e. The normalized spacial score (nSPS) is 24.8. The second-order valence-corrected chi connectivity index (χ2v) is 11.3. The Morgan fingerprint density at radius 2 is 1.38 bits per heavy atom. The predicted molar refractivity (Wildman–Crippen MR) is 121 cm³/mol. The average molecular weight is 456 g/mol. The van der Waals surface area contributed by atoms with E-state index in [2.05, 4.69) is 4.99 Å². The lowest BCUT2D eigenvalue weighted by Gasteiger charge is -2.41. The molecule has 0 saturated carbocycles. The van der Waals surface area contributed by atoms with Crippen molar-refractivity contribution < 1.29 is 33.3 Å². The lowest BCUT2D eigenvalue weighted by molar-refractivity contribution is -0.222. The molecule has 0 aromatic rings. The summed E-state index contributed by atoms with van der Waals surface area (Å²) in [4.78, 5) is 42.1. The van der Waals surface area contributed by atoms with Crippen LogP contribution < -0.4 is 0 Å². The first-order valence-corrected chi connectivity index (χ1v) is 11.2. The smallest absolute Gasteiger partial charge is 0.311 e. The first-order valence-electron chi connectivity index (χ1n) is 11.2. The Morgan fingerprint density at radius 1 is 0.875 bits per heavy atom. The van der Waals surface area contributed by atoms with Crippen molar-refractivity contribution in [2.75, 3.05) is 6.61 Å². The molecule has 0 bridgehead atoms. The lowest BCUT2D eigenvalue weighted by Crippen LogP contribution is -2.55. The third-order valence-electron chi connectivity index (χ3n) is 4.67. The third-order valence-corrected chi connectivity index (χ3v) is 4.67. The third kappa shape index (κ3) is 8.52. The van der Waals surface area contributed by atoms with Gasteiger partial charge >= 0.3 is 17.9 Å². The molecule has 32 heavy (non-hydrogen) atoms. The highest BCUT2D eigenvalue weighted by molar-refractivity contribution is 5.77. The molecule has 0 aliphatic carbocycles. The first-order chi connectivity index (χ1) is 14.5. The number of nitrogens with zero attached hydrogens (tertiary/aromatic N) is 1. The molecule has 4 atom stereocenters. The maximum atomic E-state index is 12.7. The average Bonchev–Trinajstić information content (AvgIpc) is 2.63. The van der Waals surface area contributed by atoms with Gasteiger partial charge in [-0.2, -0.15) is 0 Å². The zero-order valence-electron chi connectivity index (χ0n) is 21.3. The maximum absolute atomic E-state index is 12.7. The summed E-state index contributed by atoms with van der Waals surface area (Å²) >= 11 is 0. The molecule has 1 aliphatic rings. The molecule has 1 heterocycles. The molecule has 1 aliphatic heterocycles. The van der Waals surface area contributed by atoms with Crippen molar-refractivity contribution in [1.29, 1.82) is 0 Å². The number of ether oxygens (including phenoxy) is 4. The van der Waals surface area contributed by atoms with Gasteiger partial charge in [-0.1, -0.05) is 6.92 Å². The Kier molecular flexibility index (Phi) is 9.45. The highest BCUT2D eigenvalue weighted by atomic mass is 16.6. The molecule has 0 amide bonds. The van der Waals surface area contributed by atoms with E-state index in [0.717, 1.165) is 0 Å². The number of esters is 3. The maximum Gasteiger partial charge on any atom is 0.311 e. The van der Waals surface area contributed by atoms with Crippen LogP contribution in [0.5, 0.6) is 0 Å². The molecule has 8 nitrogen and oxygen atoms in total.